The summed E-state index contributed by atoms with van der Waals surface area (Å²) in [4.78, 5) is 28.4. The average Bonchev–Trinajstić information content (AvgIpc) is 2.86. The highest BCUT2D eigenvalue weighted by Gasteiger charge is 2.31. The molecule has 3 rings (SSSR count). The highest BCUT2D eigenvalue weighted by molar-refractivity contribution is 5.88. The predicted octanol–water partition coefficient (Wildman–Crippen LogP) is 5.23. The van der Waals surface area contributed by atoms with E-state index in [0.29, 0.717) is 24.3 Å². The zero-order chi connectivity index (χ0) is 26.1. The lowest BCUT2D eigenvalue weighted by molar-refractivity contribution is -0.142. The molecule has 6 heteroatoms. The third-order valence-electron chi connectivity index (χ3n) is 5.95. The molecule has 0 spiro atoms. The molecule has 1 N–H and O–H groups in total. The van der Waals surface area contributed by atoms with Gasteiger partial charge in [-0.15, -0.1) is 0 Å². The zero-order valence-electron chi connectivity index (χ0n) is 21.5. The van der Waals surface area contributed by atoms with Crippen molar-refractivity contribution in [3.05, 3.63) is 101 Å². The minimum Gasteiger partial charge on any atom is -0.483 e. The van der Waals surface area contributed by atoms with Crippen molar-refractivity contribution in [3.8, 4) is 5.75 Å². The molecule has 2 amide bonds. The summed E-state index contributed by atoms with van der Waals surface area (Å²) < 4.78 is 20.5. The van der Waals surface area contributed by atoms with E-state index in [1.54, 1.807) is 18.2 Å². The second-order valence-corrected chi connectivity index (χ2v) is 9.52. The van der Waals surface area contributed by atoms with E-state index in [9.17, 15) is 14.0 Å². The van der Waals surface area contributed by atoms with Crippen LogP contribution in [0.2, 0.25) is 0 Å². The quantitative estimate of drug-likeness (QED) is 0.400. The van der Waals surface area contributed by atoms with Gasteiger partial charge in [0, 0.05) is 25.1 Å². The van der Waals surface area contributed by atoms with Crippen LogP contribution in [0.1, 0.15) is 36.1 Å². The molecule has 0 saturated carbocycles. The Morgan fingerprint density at radius 3 is 2.36 bits per heavy atom. The Morgan fingerprint density at radius 2 is 1.67 bits per heavy atom. The summed E-state index contributed by atoms with van der Waals surface area (Å²) in [6, 6.07) is 20.8. The lowest BCUT2D eigenvalue weighted by Gasteiger charge is -2.32. The Bertz CT molecular complexity index is 1160. The molecule has 0 aliphatic rings. The van der Waals surface area contributed by atoms with Crippen LogP contribution in [0.3, 0.4) is 0 Å². The van der Waals surface area contributed by atoms with Crippen LogP contribution in [0.25, 0.3) is 0 Å². The first-order valence-corrected chi connectivity index (χ1v) is 12.3. The van der Waals surface area contributed by atoms with E-state index >= 15 is 0 Å². The first-order valence-electron chi connectivity index (χ1n) is 12.3. The molecular weight excluding hydrogens is 455 g/mol. The number of hydrogen-bond donors (Lipinski definition) is 1. The smallest absolute Gasteiger partial charge is 0.261 e. The van der Waals surface area contributed by atoms with Crippen molar-refractivity contribution in [1.29, 1.82) is 0 Å². The summed E-state index contributed by atoms with van der Waals surface area (Å²) in [7, 11) is 0. The molecular formula is C30H35FN2O3. The number of nitrogens with one attached hydrogen (secondary N) is 1. The number of halogens is 1. The first-order chi connectivity index (χ1) is 17.2. The topological polar surface area (TPSA) is 58.6 Å². The number of nitrogens with zero attached hydrogens (tertiary/aromatic N) is 1. The van der Waals surface area contributed by atoms with Gasteiger partial charge in [0.25, 0.3) is 5.91 Å². The Kier molecular flexibility index (Phi) is 9.62. The molecule has 0 aliphatic carbocycles. The predicted molar refractivity (Wildman–Crippen MR) is 140 cm³/mol. The number of rotatable bonds is 11. The van der Waals surface area contributed by atoms with E-state index in [1.807, 2.05) is 76.2 Å². The monoisotopic (exact) mass is 490 g/mol. The second kappa shape index (κ2) is 12.9. The van der Waals surface area contributed by atoms with Crippen molar-refractivity contribution in [1.82, 2.24) is 10.2 Å². The van der Waals surface area contributed by atoms with Gasteiger partial charge in [0.05, 0.1) is 0 Å². The molecule has 0 aromatic heterocycles. The van der Waals surface area contributed by atoms with E-state index < -0.39 is 11.9 Å². The van der Waals surface area contributed by atoms with E-state index in [2.05, 4.69) is 5.32 Å². The molecule has 3 aromatic carbocycles. The number of carbonyl (C=O) groups is 2. The Morgan fingerprint density at radius 1 is 0.972 bits per heavy atom. The molecule has 0 radical (unpaired) electrons. The maximum atomic E-state index is 14.6. The van der Waals surface area contributed by atoms with Crippen molar-refractivity contribution in [2.45, 2.75) is 46.7 Å². The van der Waals surface area contributed by atoms with Crippen molar-refractivity contribution in [3.63, 3.8) is 0 Å². The van der Waals surface area contributed by atoms with Crippen LogP contribution in [0, 0.1) is 25.6 Å². The van der Waals surface area contributed by atoms with Gasteiger partial charge in [-0.2, -0.15) is 0 Å². The summed E-state index contributed by atoms with van der Waals surface area (Å²) in [6.07, 6.45) is 0.300. The van der Waals surface area contributed by atoms with Gasteiger partial charge in [0.1, 0.15) is 17.6 Å². The van der Waals surface area contributed by atoms with Crippen LogP contribution in [-0.4, -0.2) is 35.9 Å². The Labute approximate surface area is 213 Å². The average molecular weight is 491 g/mol. The highest BCUT2D eigenvalue weighted by atomic mass is 19.1. The number of hydrogen-bond acceptors (Lipinski definition) is 3. The molecule has 36 heavy (non-hydrogen) atoms. The Balaban J connectivity index is 1.93. The van der Waals surface area contributed by atoms with Crippen molar-refractivity contribution in [2.75, 3.05) is 13.2 Å². The van der Waals surface area contributed by atoms with Crippen LogP contribution in [0.4, 0.5) is 4.39 Å². The molecule has 0 fully saturated rings. The van der Waals surface area contributed by atoms with Gasteiger partial charge in [-0.1, -0.05) is 74.5 Å². The molecule has 0 unspecified atom stereocenters. The van der Waals surface area contributed by atoms with E-state index in [0.717, 1.165) is 16.7 Å². The molecule has 3 aromatic rings. The molecule has 0 aliphatic heterocycles. The fraction of sp³-hybridized carbons (Fsp3) is 0.333. The lowest BCUT2D eigenvalue weighted by atomic mass is 10.0. The van der Waals surface area contributed by atoms with Crippen LogP contribution < -0.4 is 10.1 Å². The van der Waals surface area contributed by atoms with Crippen molar-refractivity contribution in [2.24, 2.45) is 5.92 Å². The third kappa shape index (κ3) is 7.67. The summed E-state index contributed by atoms with van der Waals surface area (Å²) in [6.45, 7) is 8.04. The summed E-state index contributed by atoms with van der Waals surface area (Å²) >= 11 is 0. The van der Waals surface area contributed by atoms with Crippen molar-refractivity contribution < 1.29 is 18.7 Å². The molecule has 190 valence electrons. The molecule has 0 saturated heterocycles. The maximum Gasteiger partial charge on any atom is 0.261 e. The number of amides is 2. The van der Waals surface area contributed by atoms with E-state index in [-0.39, 0.29) is 30.9 Å². The maximum absolute atomic E-state index is 14.6. The van der Waals surface area contributed by atoms with Crippen LogP contribution in [0.15, 0.2) is 72.8 Å². The zero-order valence-corrected chi connectivity index (χ0v) is 21.5. The number of ether oxygens (including phenoxy) is 1. The normalized spacial score (nSPS) is 11.7. The van der Waals surface area contributed by atoms with Gasteiger partial charge in [0.2, 0.25) is 5.91 Å². The van der Waals surface area contributed by atoms with Crippen LogP contribution in [-0.2, 0) is 22.6 Å². The van der Waals surface area contributed by atoms with Crippen molar-refractivity contribution >= 4 is 11.8 Å². The van der Waals surface area contributed by atoms with Crippen LogP contribution in [0.5, 0.6) is 5.75 Å². The third-order valence-corrected chi connectivity index (χ3v) is 5.95. The number of aryl methyl sites for hydroxylation is 2. The van der Waals surface area contributed by atoms with E-state index in [1.165, 1.54) is 11.0 Å². The van der Waals surface area contributed by atoms with Gasteiger partial charge >= 0.3 is 0 Å². The van der Waals surface area contributed by atoms with E-state index in [4.69, 9.17) is 4.74 Å². The molecule has 5 nitrogen and oxygen atoms in total. The van der Waals surface area contributed by atoms with Gasteiger partial charge in [-0.3, -0.25) is 9.59 Å². The minimum absolute atomic E-state index is 0.0474. The molecule has 0 bridgehead atoms. The SMILES string of the molecule is Cc1ccc(C)c(OCC(=O)N(Cc2ccccc2F)[C@@H](Cc2ccccc2)C(=O)NCC(C)C)c1. The fourth-order valence-electron chi connectivity index (χ4n) is 3.87. The first kappa shape index (κ1) is 26.9. The fourth-order valence-corrected chi connectivity index (χ4v) is 3.87. The molecule has 1 atom stereocenters. The summed E-state index contributed by atoms with van der Waals surface area (Å²) in [5, 5.41) is 2.96. The lowest BCUT2D eigenvalue weighted by Crippen LogP contribution is -2.52. The number of benzene rings is 3. The minimum atomic E-state index is -0.833. The summed E-state index contributed by atoms with van der Waals surface area (Å²) in [5.74, 6) is -0.233. The standard InChI is InChI=1S/C30H35FN2O3/c1-21(2)18-32-30(35)27(17-24-10-6-5-7-11-24)33(19-25-12-8-9-13-26(25)31)29(34)20-36-28-16-22(3)14-15-23(28)4/h5-16,21,27H,17-20H2,1-4H3,(H,32,35)/t27-/m0/s1. The van der Waals surface area contributed by atoms with Gasteiger partial charge in [-0.25, -0.2) is 4.39 Å². The van der Waals surface area contributed by atoms with Gasteiger partial charge in [-0.05, 0) is 48.6 Å². The highest BCUT2D eigenvalue weighted by Crippen LogP contribution is 2.21. The Hall–Kier alpha value is -3.67. The molecule has 0 heterocycles. The largest absolute Gasteiger partial charge is 0.483 e. The van der Waals surface area contributed by atoms with Crippen LogP contribution >= 0.6 is 0 Å². The summed E-state index contributed by atoms with van der Waals surface area (Å²) in [5.41, 5.74) is 3.17. The number of carbonyl (C=O) groups excluding carboxylic acids is 2. The van der Waals surface area contributed by atoms with Gasteiger partial charge < -0.3 is 15.0 Å². The second-order valence-electron chi connectivity index (χ2n) is 9.52. The van der Waals surface area contributed by atoms with Gasteiger partial charge in [0.15, 0.2) is 6.61 Å².